The Hall–Kier alpha value is -2.58. The van der Waals surface area contributed by atoms with Gasteiger partial charge in [-0.3, -0.25) is 0 Å². The fraction of sp³-hybridized carbons (Fsp3) is 0.379. The van der Waals surface area contributed by atoms with Gasteiger partial charge in [-0.25, -0.2) is 0 Å². The first-order valence-corrected chi connectivity index (χ1v) is 11.3. The smallest absolute Gasteiger partial charge is 0.127 e. The molecule has 0 bridgehead atoms. The van der Waals surface area contributed by atoms with Gasteiger partial charge in [0.05, 0.1) is 13.2 Å². The van der Waals surface area contributed by atoms with Gasteiger partial charge in [-0.1, -0.05) is 90.1 Å². The van der Waals surface area contributed by atoms with Crippen LogP contribution in [0.2, 0.25) is 0 Å². The Kier molecular flexibility index (Phi) is 7.56. The average molecular weight is 417 g/mol. The van der Waals surface area contributed by atoms with Gasteiger partial charge in [-0.15, -0.1) is 0 Å². The van der Waals surface area contributed by atoms with Crippen LogP contribution < -0.4 is 4.74 Å². The topological polar surface area (TPSA) is 18.5 Å². The third-order valence-electron chi connectivity index (χ3n) is 5.72. The summed E-state index contributed by atoms with van der Waals surface area (Å²) in [5.74, 6) is 2.72. The van der Waals surface area contributed by atoms with Crippen LogP contribution in [0, 0.1) is 0 Å². The first-order valence-electron chi connectivity index (χ1n) is 11.3. The van der Waals surface area contributed by atoms with Crippen molar-refractivity contribution in [2.24, 2.45) is 0 Å². The minimum Gasteiger partial charge on any atom is -0.457 e. The van der Waals surface area contributed by atoms with E-state index in [1.807, 2.05) is 48.5 Å². The zero-order valence-electron chi connectivity index (χ0n) is 19.8. The predicted octanol–water partition coefficient (Wildman–Crippen LogP) is 8.22. The highest BCUT2D eigenvalue weighted by Gasteiger charge is 2.23. The lowest BCUT2D eigenvalue weighted by Gasteiger charge is -2.28. The van der Waals surface area contributed by atoms with Crippen LogP contribution in [0.4, 0.5) is 0 Å². The molecule has 3 aromatic rings. The summed E-state index contributed by atoms with van der Waals surface area (Å²) in [4.78, 5) is 0. The van der Waals surface area contributed by atoms with E-state index in [9.17, 15) is 0 Å². The molecule has 3 aromatic carbocycles. The van der Waals surface area contributed by atoms with Gasteiger partial charge in [0.1, 0.15) is 11.5 Å². The zero-order chi connectivity index (χ0) is 22.4. The first kappa shape index (κ1) is 23.1. The predicted molar refractivity (Wildman–Crippen MR) is 130 cm³/mol. The minimum atomic E-state index is -0.0582. The molecule has 0 aromatic heterocycles. The van der Waals surface area contributed by atoms with Gasteiger partial charge in [0.2, 0.25) is 0 Å². The van der Waals surface area contributed by atoms with Crippen molar-refractivity contribution in [2.75, 3.05) is 6.61 Å². The largest absolute Gasteiger partial charge is 0.457 e. The fourth-order valence-electron chi connectivity index (χ4n) is 3.85. The van der Waals surface area contributed by atoms with E-state index in [0.29, 0.717) is 25.0 Å². The summed E-state index contributed by atoms with van der Waals surface area (Å²) < 4.78 is 12.1. The van der Waals surface area contributed by atoms with E-state index in [1.54, 1.807) is 0 Å². The Labute approximate surface area is 188 Å². The maximum Gasteiger partial charge on any atom is 0.127 e. The van der Waals surface area contributed by atoms with Crippen LogP contribution in [0.15, 0.2) is 72.8 Å². The van der Waals surface area contributed by atoms with E-state index in [4.69, 9.17) is 9.47 Å². The van der Waals surface area contributed by atoms with E-state index in [2.05, 4.69) is 65.8 Å². The summed E-state index contributed by atoms with van der Waals surface area (Å²) in [6.45, 7) is 14.8. The van der Waals surface area contributed by atoms with E-state index in [0.717, 1.165) is 17.1 Å². The molecular formula is C29H36O2. The molecule has 0 aliphatic rings. The van der Waals surface area contributed by atoms with E-state index in [1.165, 1.54) is 16.7 Å². The number of rotatable bonds is 9. The van der Waals surface area contributed by atoms with Crippen molar-refractivity contribution in [3.8, 4) is 11.5 Å². The number of para-hydroxylation sites is 1. The molecule has 0 radical (unpaired) electrons. The molecule has 2 nitrogen and oxygen atoms in total. The standard InChI is InChI=1S/C29H36O2/c1-21(2)27-16-15-24(18-28(27)22(3)4)29(5,6)20-30-19-23-11-10-14-26(17-23)31-25-12-8-7-9-13-25/h7-18,21-22H,19-20H2,1-6H3. The second-order valence-electron chi connectivity index (χ2n) is 9.59. The van der Waals surface area contributed by atoms with Gasteiger partial charge in [0.25, 0.3) is 0 Å². The van der Waals surface area contributed by atoms with Gasteiger partial charge in [0, 0.05) is 5.41 Å². The second kappa shape index (κ2) is 10.2. The van der Waals surface area contributed by atoms with Crippen molar-refractivity contribution in [2.45, 2.75) is 65.4 Å². The lowest BCUT2D eigenvalue weighted by molar-refractivity contribution is 0.0824. The summed E-state index contributed by atoms with van der Waals surface area (Å²) in [6.07, 6.45) is 0. The molecule has 3 rings (SSSR count). The Morgan fingerprint density at radius 3 is 2.06 bits per heavy atom. The van der Waals surface area contributed by atoms with Crippen molar-refractivity contribution < 1.29 is 9.47 Å². The number of hydrogen-bond donors (Lipinski definition) is 0. The molecule has 0 amide bonds. The van der Waals surface area contributed by atoms with Crippen molar-refractivity contribution >= 4 is 0 Å². The summed E-state index contributed by atoms with van der Waals surface area (Å²) >= 11 is 0. The molecule has 0 aliphatic carbocycles. The maximum absolute atomic E-state index is 6.17. The Morgan fingerprint density at radius 1 is 0.710 bits per heavy atom. The van der Waals surface area contributed by atoms with Gasteiger partial charge < -0.3 is 9.47 Å². The van der Waals surface area contributed by atoms with Crippen molar-refractivity contribution in [1.82, 2.24) is 0 Å². The number of ether oxygens (including phenoxy) is 2. The first-order chi connectivity index (χ1) is 14.8. The summed E-state index contributed by atoms with van der Waals surface area (Å²) in [7, 11) is 0. The van der Waals surface area contributed by atoms with Crippen LogP contribution in [0.25, 0.3) is 0 Å². The molecular weight excluding hydrogens is 380 g/mol. The van der Waals surface area contributed by atoms with Gasteiger partial charge >= 0.3 is 0 Å². The Balaban J connectivity index is 1.64. The summed E-state index contributed by atoms with van der Waals surface area (Å²) in [6, 6.07) is 24.9. The van der Waals surface area contributed by atoms with Gasteiger partial charge in [-0.05, 0) is 58.4 Å². The van der Waals surface area contributed by atoms with E-state index in [-0.39, 0.29) is 5.41 Å². The maximum atomic E-state index is 6.17. The molecule has 0 spiro atoms. The fourth-order valence-corrected chi connectivity index (χ4v) is 3.85. The monoisotopic (exact) mass is 416 g/mol. The quantitative estimate of drug-likeness (QED) is 0.350. The van der Waals surface area contributed by atoms with Crippen molar-refractivity contribution in [3.05, 3.63) is 95.1 Å². The molecule has 0 saturated heterocycles. The third-order valence-corrected chi connectivity index (χ3v) is 5.72. The third kappa shape index (κ3) is 6.21. The van der Waals surface area contributed by atoms with Crippen LogP contribution >= 0.6 is 0 Å². The highest BCUT2D eigenvalue weighted by molar-refractivity contribution is 5.39. The van der Waals surface area contributed by atoms with Crippen LogP contribution in [0.1, 0.15) is 75.6 Å². The van der Waals surface area contributed by atoms with E-state index < -0.39 is 0 Å². The van der Waals surface area contributed by atoms with Crippen LogP contribution in [0.3, 0.4) is 0 Å². The zero-order valence-corrected chi connectivity index (χ0v) is 19.8. The molecule has 164 valence electrons. The second-order valence-corrected chi connectivity index (χ2v) is 9.59. The van der Waals surface area contributed by atoms with Crippen molar-refractivity contribution in [3.63, 3.8) is 0 Å². The van der Waals surface area contributed by atoms with Gasteiger partial charge in [0.15, 0.2) is 0 Å². The van der Waals surface area contributed by atoms with Crippen LogP contribution in [0.5, 0.6) is 11.5 Å². The Morgan fingerprint density at radius 2 is 1.39 bits per heavy atom. The molecule has 0 unspecified atom stereocenters. The number of hydrogen-bond acceptors (Lipinski definition) is 2. The van der Waals surface area contributed by atoms with Gasteiger partial charge in [-0.2, -0.15) is 0 Å². The number of benzene rings is 3. The molecule has 0 heterocycles. The molecule has 0 atom stereocenters. The molecule has 31 heavy (non-hydrogen) atoms. The molecule has 2 heteroatoms. The lowest BCUT2D eigenvalue weighted by atomic mass is 9.80. The molecule has 0 fully saturated rings. The minimum absolute atomic E-state index is 0.0582. The summed E-state index contributed by atoms with van der Waals surface area (Å²) in [5.41, 5.74) is 5.29. The lowest BCUT2D eigenvalue weighted by Crippen LogP contribution is -2.25. The van der Waals surface area contributed by atoms with Crippen LogP contribution in [-0.2, 0) is 16.8 Å². The average Bonchev–Trinajstić information content (AvgIpc) is 2.74. The normalized spacial score (nSPS) is 11.9. The van der Waals surface area contributed by atoms with E-state index >= 15 is 0 Å². The van der Waals surface area contributed by atoms with Crippen molar-refractivity contribution in [1.29, 1.82) is 0 Å². The Bertz CT molecular complexity index is 971. The molecule has 0 saturated carbocycles. The van der Waals surface area contributed by atoms with Crippen LogP contribution in [-0.4, -0.2) is 6.61 Å². The summed E-state index contributed by atoms with van der Waals surface area (Å²) in [5, 5.41) is 0. The SMILES string of the molecule is CC(C)c1ccc(C(C)(C)COCc2cccc(Oc3ccccc3)c2)cc1C(C)C. The molecule has 0 aliphatic heterocycles. The molecule has 0 N–H and O–H groups in total. The highest BCUT2D eigenvalue weighted by Crippen LogP contribution is 2.32. The highest BCUT2D eigenvalue weighted by atomic mass is 16.5.